The molecule has 2 aromatic rings. The first-order valence-corrected chi connectivity index (χ1v) is 11.7. The highest BCUT2D eigenvalue weighted by Crippen LogP contribution is 2.19. The van der Waals surface area contributed by atoms with E-state index in [1.165, 1.54) is 6.92 Å². The summed E-state index contributed by atoms with van der Waals surface area (Å²) in [5.41, 5.74) is 7.28. The van der Waals surface area contributed by atoms with Gasteiger partial charge in [0.1, 0.15) is 18.1 Å². The minimum absolute atomic E-state index is 0.0470. The Balaban J connectivity index is 2.09. The number of aromatic amines is 1. The standard InChI is InChI=1S/C24H35N5O7/c1-12(2)8-16(25)21(32)28-19(11-30)22(33)29-20(13(3)31)23(34)27-18(24(35)36)9-14-10-26-17-7-5-4-6-15(14)17/h4-7,10,12-13,16,18-20,26,30-31H,8-9,11,25H2,1-3H3,(H,27,34)(H,28,32)(H,29,33)(H,35,36). The molecule has 12 heteroatoms. The van der Waals surface area contributed by atoms with Crippen molar-refractivity contribution in [1.29, 1.82) is 0 Å². The smallest absolute Gasteiger partial charge is 0.326 e. The number of aliphatic carboxylic acids is 1. The summed E-state index contributed by atoms with van der Waals surface area (Å²) in [7, 11) is 0. The van der Waals surface area contributed by atoms with E-state index >= 15 is 0 Å². The first-order chi connectivity index (χ1) is 16.9. The Morgan fingerprint density at radius 3 is 2.19 bits per heavy atom. The summed E-state index contributed by atoms with van der Waals surface area (Å²) in [4.78, 5) is 52.7. The molecule has 36 heavy (non-hydrogen) atoms. The molecular weight excluding hydrogens is 470 g/mol. The maximum Gasteiger partial charge on any atom is 0.326 e. The molecule has 3 amide bonds. The lowest BCUT2D eigenvalue weighted by Gasteiger charge is -2.26. The largest absolute Gasteiger partial charge is 0.480 e. The fourth-order valence-electron chi connectivity index (χ4n) is 3.73. The van der Waals surface area contributed by atoms with Crippen LogP contribution in [0.5, 0.6) is 0 Å². The molecule has 0 spiro atoms. The van der Waals surface area contributed by atoms with Crippen LogP contribution in [-0.4, -0.2) is 80.9 Å². The number of nitrogens with two attached hydrogens (primary N) is 1. The number of carbonyl (C=O) groups is 4. The van der Waals surface area contributed by atoms with Crippen LogP contribution >= 0.6 is 0 Å². The molecular formula is C24H35N5O7. The first-order valence-electron chi connectivity index (χ1n) is 11.7. The normalized spacial score (nSPS) is 15.5. The summed E-state index contributed by atoms with van der Waals surface area (Å²) in [5, 5.41) is 37.1. The van der Waals surface area contributed by atoms with Crippen molar-refractivity contribution in [3.05, 3.63) is 36.0 Å². The molecule has 0 aliphatic carbocycles. The molecule has 9 N–H and O–H groups in total. The Morgan fingerprint density at radius 2 is 1.61 bits per heavy atom. The molecule has 0 saturated heterocycles. The fraction of sp³-hybridized carbons (Fsp3) is 0.500. The van der Waals surface area contributed by atoms with E-state index in [4.69, 9.17) is 5.73 Å². The number of amides is 3. The molecule has 5 unspecified atom stereocenters. The van der Waals surface area contributed by atoms with Crippen LogP contribution in [-0.2, 0) is 25.6 Å². The zero-order valence-corrected chi connectivity index (χ0v) is 20.5. The molecule has 5 atom stereocenters. The van der Waals surface area contributed by atoms with Crippen LogP contribution in [0.25, 0.3) is 10.9 Å². The second-order valence-electron chi connectivity index (χ2n) is 9.17. The minimum Gasteiger partial charge on any atom is -0.480 e. The predicted molar refractivity (Wildman–Crippen MR) is 132 cm³/mol. The third-order valence-electron chi connectivity index (χ3n) is 5.65. The second kappa shape index (κ2) is 13.0. The van der Waals surface area contributed by atoms with Gasteiger partial charge in [-0.3, -0.25) is 14.4 Å². The predicted octanol–water partition coefficient (Wildman–Crippen LogP) is -1.00. The summed E-state index contributed by atoms with van der Waals surface area (Å²) in [6.45, 7) is 4.21. The summed E-state index contributed by atoms with van der Waals surface area (Å²) in [5.74, 6) is -3.70. The summed E-state index contributed by atoms with van der Waals surface area (Å²) >= 11 is 0. The molecule has 1 heterocycles. The van der Waals surface area contributed by atoms with Gasteiger partial charge in [0.15, 0.2) is 0 Å². The van der Waals surface area contributed by atoms with Crippen LogP contribution in [0.4, 0.5) is 0 Å². The summed E-state index contributed by atoms with van der Waals surface area (Å²) in [6, 6.07) is 2.06. The van der Waals surface area contributed by atoms with Crippen LogP contribution in [0.3, 0.4) is 0 Å². The van der Waals surface area contributed by atoms with Gasteiger partial charge in [0.2, 0.25) is 17.7 Å². The van der Waals surface area contributed by atoms with E-state index in [-0.39, 0.29) is 12.3 Å². The van der Waals surface area contributed by atoms with E-state index in [0.717, 1.165) is 10.9 Å². The van der Waals surface area contributed by atoms with Gasteiger partial charge in [-0.2, -0.15) is 0 Å². The molecule has 198 valence electrons. The quantitative estimate of drug-likeness (QED) is 0.169. The van der Waals surface area contributed by atoms with Gasteiger partial charge >= 0.3 is 5.97 Å². The summed E-state index contributed by atoms with van der Waals surface area (Å²) in [6.07, 6.45) is 0.556. The Kier molecular flexibility index (Phi) is 10.4. The number of aromatic nitrogens is 1. The van der Waals surface area contributed by atoms with Gasteiger partial charge in [-0.1, -0.05) is 32.0 Å². The van der Waals surface area contributed by atoms with Crippen LogP contribution in [0.1, 0.15) is 32.8 Å². The van der Waals surface area contributed by atoms with Gasteiger partial charge < -0.3 is 42.0 Å². The van der Waals surface area contributed by atoms with E-state index in [2.05, 4.69) is 20.9 Å². The average Bonchev–Trinajstić information content (AvgIpc) is 3.22. The van der Waals surface area contributed by atoms with Gasteiger partial charge in [-0.15, -0.1) is 0 Å². The van der Waals surface area contributed by atoms with Gasteiger partial charge in [0.05, 0.1) is 18.8 Å². The zero-order chi connectivity index (χ0) is 27.0. The molecule has 0 saturated carbocycles. The van der Waals surface area contributed by atoms with Crippen molar-refractivity contribution >= 4 is 34.6 Å². The Hall–Kier alpha value is -3.48. The molecule has 2 rings (SSSR count). The van der Waals surface area contributed by atoms with Crippen molar-refractivity contribution in [2.75, 3.05) is 6.61 Å². The molecule has 1 aromatic heterocycles. The highest BCUT2D eigenvalue weighted by Gasteiger charge is 2.33. The lowest BCUT2D eigenvalue weighted by atomic mass is 10.0. The zero-order valence-electron chi connectivity index (χ0n) is 20.5. The first kappa shape index (κ1) is 28.8. The number of nitrogens with one attached hydrogen (secondary N) is 4. The van der Waals surface area contributed by atoms with Crippen LogP contribution in [0, 0.1) is 5.92 Å². The highest BCUT2D eigenvalue weighted by molar-refractivity contribution is 5.94. The molecule has 0 bridgehead atoms. The van der Waals surface area contributed by atoms with E-state index in [0.29, 0.717) is 12.0 Å². The van der Waals surface area contributed by atoms with Crippen molar-refractivity contribution in [1.82, 2.24) is 20.9 Å². The second-order valence-corrected chi connectivity index (χ2v) is 9.17. The van der Waals surface area contributed by atoms with Gasteiger partial charge in [0, 0.05) is 23.5 Å². The monoisotopic (exact) mass is 505 g/mol. The number of carboxylic acid groups (broad SMARTS) is 1. The number of rotatable bonds is 13. The third kappa shape index (κ3) is 7.77. The topological polar surface area (TPSA) is 207 Å². The average molecular weight is 506 g/mol. The SMILES string of the molecule is CC(C)CC(N)C(=O)NC(CO)C(=O)NC(C(=O)NC(Cc1c[nH]c2ccccc12)C(=O)O)C(C)O. The van der Waals surface area contributed by atoms with Crippen LogP contribution in [0.15, 0.2) is 30.5 Å². The third-order valence-corrected chi connectivity index (χ3v) is 5.65. The van der Waals surface area contributed by atoms with E-state index < -0.39 is 60.6 Å². The molecule has 0 radical (unpaired) electrons. The Morgan fingerprint density at radius 1 is 0.972 bits per heavy atom. The number of aliphatic hydroxyl groups is 2. The van der Waals surface area contributed by atoms with Crippen molar-refractivity contribution < 1.29 is 34.5 Å². The van der Waals surface area contributed by atoms with Gasteiger partial charge in [-0.05, 0) is 30.9 Å². The number of benzene rings is 1. The number of hydrogen-bond acceptors (Lipinski definition) is 7. The minimum atomic E-state index is -1.54. The molecule has 1 aromatic carbocycles. The van der Waals surface area contributed by atoms with E-state index in [9.17, 15) is 34.5 Å². The Bertz CT molecular complexity index is 1070. The van der Waals surface area contributed by atoms with Crippen molar-refractivity contribution in [3.63, 3.8) is 0 Å². The maximum absolute atomic E-state index is 12.9. The van der Waals surface area contributed by atoms with Crippen molar-refractivity contribution in [3.8, 4) is 0 Å². The highest BCUT2D eigenvalue weighted by atomic mass is 16.4. The number of fused-ring (bicyclic) bond motifs is 1. The van der Waals surface area contributed by atoms with E-state index in [1.807, 2.05) is 32.0 Å². The number of carboxylic acids is 1. The molecule has 0 aliphatic rings. The maximum atomic E-state index is 12.9. The van der Waals surface area contributed by atoms with Crippen molar-refractivity contribution in [2.45, 2.75) is 63.9 Å². The lowest BCUT2D eigenvalue weighted by molar-refractivity contribution is -0.143. The van der Waals surface area contributed by atoms with Crippen LogP contribution < -0.4 is 21.7 Å². The van der Waals surface area contributed by atoms with Crippen LogP contribution in [0.2, 0.25) is 0 Å². The summed E-state index contributed by atoms with van der Waals surface area (Å²) < 4.78 is 0. The number of para-hydroxylation sites is 1. The molecule has 12 nitrogen and oxygen atoms in total. The van der Waals surface area contributed by atoms with Gasteiger partial charge in [0.25, 0.3) is 0 Å². The Labute approximate surface area is 208 Å². The van der Waals surface area contributed by atoms with Crippen molar-refractivity contribution in [2.24, 2.45) is 11.7 Å². The van der Waals surface area contributed by atoms with E-state index in [1.54, 1.807) is 12.3 Å². The number of H-pyrrole nitrogens is 1. The number of hydrogen-bond donors (Lipinski definition) is 8. The fourth-order valence-corrected chi connectivity index (χ4v) is 3.73. The number of carbonyl (C=O) groups excluding carboxylic acids is 3. The number of aliphatic hydroxyl groups excluding tert-OH is 2. The van der Waals surface area contributed by atoms with Gasteiger partial charge in [-0.25, -0.2) is 4.79 Å². The molecule has 0 aliphatic heterocycles. The molecule has 0 fully saturated rings. The lowest BCUT2D eigenvalue weighted by Crippen LogP contribution is -2.60.